The summed E-state index contributed by atoms with van der Waals surface area (Å²) in [5, 5.41) is 1.33. The molecule has 1 N–H and O–H groups in total. The summed E-state index contributed by atoms with van der Waals surface area (Å²) < 4.78 is 9.57. The number of methoxy groups -OCH3 is 1. The molecule has 6 nitrogen and oxygen atoms in total. The Morgan fingerprint density at radius 1 is 1.31 bits per heavy atom. The van der Waals surface area contributed by atoms with E-state index in [1.54, 1.807) is 34.7 Å². The number of rotatable bonds is 3. The van der Waals surface area contributed by atoms with E-state index in [0.717, 1.165) is 0 Å². The minimum Gasteiger partial charge on any atom is -0.468 e. The van der Waals surface area contributed by atoms with E-state index in [0.29, 0.717) is 0 Å². The minimum atomic E-state index is -0.606. The highest BCUT2D eigenvalue weighted by Crippen LogP contribution is 2.06. The Morgan fingerprint density at radius 3 is 2.19 bits per heavy atom. The molecule has 1 amide bonds. The Balaban J connectivity index is 4.19. The Bertz CT molecular complexity index is 260. The summed E-state index contributed by atoms with van der Waals surface area (Å²) in [6.45, 7) is 6.89. The number of hydrogen-bond acceptors (Lipinski definition) is 5. The molecule has 0 rings (SSSR count). The zero-order chi connectivity index (χ0) is 12.9. The number of likely N-dealkylation sites (N-methyl/N-ethyl adjacent to an activating group) is 1. The molecule has 0 aromatic carbocycles. The van der Waals surface area contributed by atoms with Crippen LogP contribution in [0.4, 0.5) is 4.79 Å². The molecule has 0 aliphatic heterocycles. The van der Waals surface area contributed by atoms with Crippen molar-refractivity contribution in [2.24, 2.45) is 0 Å². The van der Waals surface area contributed by atoms with E-state index in [4.69, 9.17) is 4.74 Å². The van der Waals surface area contributed by atoms with Gasteiger partial charge >= 0.3 is 12.1 Å². The van der Waals surface area contributed by atoms with Crippen LogP contribution in [0.15, 0.2) is 0 Å². The summed E-state index contributed by atoms with van der Waals surface area (Å²) in [5.41, 5.74) is 1.85. The van der Waals surface area contributed by atoms with Gasteiger partial charge in [0.1, 0.15) is 11.6 Å². The summed E-state index contributed by atoms with van der Waals surface area (Å²) in [5.74, 6) is -0.432. The molecule has 0 aliphatic carbocycles. The molecule has 1 unspecified atom stereocenters. The molecule has 0 saturated heterocycles. The van der Waals surface area contributed by atoms with Gasteiger partial charge in [0.25, 0.3) is 0 Å². The number of hydrazine groups is 1. The second kappa shape index (κ2) is 5.69. The first-order valence-electron chi connectivity index (χ1n) is 4.97. The van der Waals surface area contributed by atoms with Gasteiger partial charge in [-0.2, -0.15) is 0 Å². The average molecular weight is 232 g/mol. The zero-order valence-electron chi connectivity index (χ0n) is 10.7. The van der Waals surface area contributed by atoms with Crippen molar-refractivity contribution in [3.05, 3.63) is 0 Å². The quantitative estimate of drug-likeness (QED) is 0.579. The summed E-state index contributed by atoms with van der Waals surface area (Å²) in [7, 11) is 2.85. The molecule has 0 aromatic rings. The third-order valence-electron chi connectivity index (χ3n) is 1.79. The summed E-state index contributed by atoms with van der Waals surface area (Å²) in [6.07, 6.45) is -0.606. The molecular weight excluding hydrogens is 212 g/mol. The second-order valence-corrected chi connectivity index (χ2v) is 4.42. The molecular formula is C10H20N2O4. The van der Waals surface area contributed by atoms with Crippen molar-refractivity contribution in [2.45, 2.75) is 39.3 Å². The zero-order valence-corrected chi connectivity index (χ0v) is 10.7. The Morgan fingerprint density at radius 2 is 1.81 bits per heavy atom. The van der Waals surface area contributed by atoms with Crippen molar-refractivity contribution in [2.75, 3.05) is 14.2 Å². The van der Waals surface area contributed by atoms with Crippen molar-refractivity contribution < 1.29 is 19.1 Å². The monoisotopic (exact) mass is 232 g/mol. The van der Waals surface area contributed by atoms with Gasteiger partial charge in [-0.15, -0.1) is 0 Å². The van der Waals surface area contributed by atoms with Crippen LogP contribution in [-0.2, 0) is 14.3 Å². The maximum Gasteiger partial charge on any atom is 0.422 e. The Kier molecular flexibility index (Phi) is 5.23. The van der Waals surface area contributed by atoms with Crippen LogP contribution in [0.3, 0.4) is 0 Å². The fourth-order valence-corrected chi connectivity index (χ4v) is 0.870. The Hall–Kier alpha value is -1.30. The molecule has 0 aliphatic rings. The molecule has 16 heavy (non-hydrogen) atoms. The number of carbonyl (C=O) groups excluding carboxylic acids is 2. The predicted molar refractivity (Wildman–Crippen MR) is 58.6 cm³/mol. The van der Waals surface area contributed by atoms with E-state index < -0.39 is 23.7 Å². The van der Waals surface area contributed by atoms with Crippen molar-refractivity contribution >= 4 is 12.1 Å². The highest BCUT2D eigenvalue weighted by Gasteiger charge is 2.22. The molecule has 0 fully saturated rings. The van der Waals surface area contributed by atoms with Gasteiger partial charge in [0, 0.05) is 7.05 Å². The van der Waals surface area contributed by atoms with Gasteiger partial charge in [0.15, 0.2) is 0 Å². The minimum absolute atomic E-state index is 0.432. The first kappa shape index (κ1) is 14.7. The highest BCUT2D eigenvalue weighted by atomic mass is 16.6. The van der Waals surface area contributed by atoms with Crippen LogP contribution < -0.4 is 5.43 Å². The van der Waals surface area contributed by atoms with Crippen LogP contribution in [0.1, 0.15) is 27.7 Å². The standard InChI is InChI=1S/C10H20N2O4/c1-7(8(13)15-6)12(5)11-9(14)16-10(2,3)4/h7H,1-6H3,(H,11,14). The van der Waals surface area contributed by atoms with Gasteiger partial charge in [-0.1, -0.05) is 0 Å². The number of esters is 1. The fraction of sp³-hybridized carbons (Fsp3) is 0.800. The van der Waals surface area contributed by atoms with Crippen LogP contribution in [0.25, 0.3) is 0 Å². The van der Waals surface area contributed by atoms with Crippen LogP contribution >= 0.6 is 0 Å². The maximum atomic E-state index is 11.4. The fourth-order valence-electron chi connectivity index (χ4n) is 0.870. The molecule has 0 heterocycles. The molecule has 1 atom stereocenters. The van der Waals surface area contributed by atoms with Gasteiger partial charge in [-0.3, -0.25) is 10.2 Å². The Labute approximate surface area is 95.9 Å². The topological polar surface area (TPSA) is 67.9 Å². The first-order valence-corrected chi connectivity index (χ1v) is 4.97. The van der Waals surface area contributed by atoms with Gasteiger partial charge in [0.05, 0.1) is 7.11 Å². The van der Waals surface area contributed by atoms with Gasteiger partial charge < -0.3 is 9.47 Å². The van der Waals surface area contributed by atoms with Crippen LogP contribution in [0.2, 0.25) is 0 Å². The smallest absolute Gasteiger partial charge is 0.422 e. The van der Waals surface area contributed by atoms with E-state index in [2.05, 4.69) is 10.2 Å². The molecule has 0 radical (unpaired) electrons. The number of ether oxygens (including phenoxy) is 2. The summed E-state index contributed by atoms with van der Waals surface area (Å²) in [4.78, 5) is 22.5. The highest BCUT2D eigenvalue weighted by molar-refractivity contribution is 5.75. The molecule has 6 heteroatoms. The first-order chi connectivity index (χ1) is 7.17. The number of hydrogen-bond donors (Lipinski definition) is 1. The summed E-state index contributed by atoms with van der Waals surface area (Å²) >= 11 is 0. The van der Waals surface area contributed by atoms with Crippen molar-refractivity contribution in [1.29, 1.82) is 0 Å². The van der Waals surface area contributed by atoms with Crippen LogP contribution in [0.5, 0.6) is 0 Å². The number of carbonyl (C=O) groups is 2. The molecule has 0 aromatic heterocycles. The van der Waals surface area contributed by atoms with Gasteiger partial charge in [-0.05, 0) is 27.7 Å². The normalized spacial score (nSPS) is 13.2. The predicted octanol–water partition coefficient (Wildman–Crippen LogP) is 0.919. The molecule has 0 spiro atoms. The van der Waals surface area contributed by atoms with Crippen LogP contribution in [0, 0.1) is 0 Å². The lowest BCUT2D eigenvalue weighted by Gasteiger charge is -2.26. The number of nitrogens with zero attached hydrogens (tertiary/aromatic N) is 1. The third kappa shape index (κ3) is 5.55. The van der Waals surface area contributed by atoms with Crippen LogP contribution in [-0.4, -0.2) is 42.9 Å². The average Bonchev–Trinajstić information content (AvgIpc) is 2.12. The maximum absolute atomic E-state index is 11.4. The van der Waals surface area contributed by atoms with E-state index >= 15 is 0 Å². The second-order valence-electron chi connectivity index (χ2n) is 4.42. The van der Waals surface area contributed by atoms with Gasteiger partial charge in [-0.25, -0.2) is 9.80 Å². The van der Waals surface area contributed by atoms with E-state index in [1.807, 2.05) is 0 Å². The largest absolute Gasteiger partial charge is 0.468 e. The van der Waals surface area contributed by atoms with Crippen molar-refractivity contribution in [3.63, 3.8) is 0 Å². The molecule has 94 valence electrons. The third-order valence-corrected chi connectivity index (χ3v) is 1.79. The van der Waals surface area contributed by atoms with Crippen molar-refractivity contribution in [3.8, 4) is 0 Å². The van der Waals surface area contributed by atoms with Gasteiger partial charge in [0.2, 0.25) is 0 Å². The lowest BCUT2D eigenvalue weighted by Crippen LogP contribution is -2.49. The lowest BCUT2D eigenvalue weighted by atomic mass is 10.2. The van der Waals surface area contributed by atoms with E-state index in [9.17, 15) is 9.59 Å². The number of nitrogens with one attached hydrogen (secondary N) is 1. The molecule has 0 saturated carbocycles. The number of amides is 1. The molecule has 0 bridgehead atoms. The van der Waals surface area contributed by atoms with E-state index in [-0.39, 0.29) is 0 Å². The van der Waals surface area contributed by atoms with E-state index in [1.165, 1.54) is 12.1 Å². The summed E-state index contributed by atoms with van der Waals surface area (Å²) in [6, 6.07) is -0.572. The lowest BCUT2D eigenvalue weighted by molar-refractivity contribution is -0.146. The van der Waals surface area contributed by atoms with Crippen molar-refractivity contribution in [1.82, 2.24) is 10.4 Å². The SMILES string of the molecule is COC(=O)C(C)N(C)NC(=O)OC(C)(C)C.